The number of amides is 1. The highest BCUT2D eigenvalue weighted by molar-refractivity contribution is 5.85. The summed E-state index contributed by atoms with van der Waals surface area (Å²) in [6.45, 7) is 2.12. The van der Waals surface area contributed by atoms with Crippen molar-refractivity contribution in [2.75, 3.05) is 13.1 Å². The van der Waals surface area contributed by atoms with Gasteiger partial charge in [0.25, 0.3) is 0 Å². The molecule has 2 bridgehead atoms. The summed E-state index contributed by atoms with van der Waals surface area (Å²) in [6.07, 6.45) is 7.16. The first kappa shape index (κ1) is 12.2. The van der Waals surface area contributed by atoms with Gasteiger partial charge in [0, 0.05) is 24.5 Å². The molecule has 3 rings (SSSR count). The summed E-state index contributed by atoms with van der Waals surface area (Å²) in [5.41, 5.74) is 0. The van der Waals surface area contributed by atoms with Crippen molar-refractivity contribution in [2.24, 2.45) is 5.92 Å². The van der Waals surface area contributed by atoms with Crippen molar-refractivity contribution < 1.29 is 4.79 Å². The molecular weight excluding hydrogens is 224 g/mol. The molecule has 16 heavy (non-hydrogen) atoms. The quantitative estimate of drug-likeness (QED) is 0.759. The predicted molar refractivity (Wildman–Crippen MR) is 65.7 cm³/mol. The first-order valence-electron chi connectivity index (χ1n) is 6.39. The highest BCUT2D eigenvalue weighted by atomic mass is 35.5. The van der Waals surface area contributed by atoms with Gasteiger partial charge in [-0.3, -0.25) is 4.79 Å². The van der Waals surface area contributed by atoms with E-state index in [0.29, 0.717) is 23.9 Å². The maximum Gasteiger partial charge on any atom is 0.226 e. The van der Waals surface area contributed by atoms with E-state index in [-0.39, 0.29) is 12.4 Å². The molecule has 0 spiro atoms. The third kappa shape index (κ3) is 1.95. The molecule has 1 amide bonds. The van der Waals surface area contributed by atoms with Crippen LogP contribution in [0.5, 0.6) is 0 Å². The van der Waals surface area contributed by atoms with Crippen molar-refractivity contribution in [2.45, 2.75) is 50.6 Å². The lowest BCUT2D eigenvalue weighted by Crippen LogP contribution is -2.46. The van der Waals surface area contributed by atoms with Crippen LogP contribution in [-0.4, -0.2) is 36.0 Å². The smallest absolute Gasteiger partial charge is 0.226 e. The predicted octanol–water partition coefficient (Wildman–Crippen LogP) is 1.56. The monoisotopic (exact) mass is 244 g/mol. The molecule has 1 N–H and O–H groups in total. The zero-order chi connectivity index (χ0) is 10.3. The Morgan fingerprint density at radius 2 is 1.81 bits per heavy atom. The molecule has 0 aromatic heterocycles. The molecule has 3 fully saturated rings. The van der Waals surface area contributed by atoms with Gasteiger partial charge in [0.1, 0.15) is 0 Å². The van der Waals surface area contributed by atoms with Crippen LogP contribution in [0.4, 0.5) is 0 Å². The topological polar surface area (TPSA) is 32.3 Å². The molecule has 0 radical (unpaired) electrons. The normalized spacial score (nSPS) is 33.9. The summed E-state index contributed by atoms with van der Waals surface area (Å²) in [4.78, 5) is 14.5. The molecule has 4 heteroatoms. The largest absolute Gasteiger partial charge is 0.335 e. The van der Waals surface area contributed by atoms with E-state index < -0.39 is 0 Å². The third-order valence-electron chi connectivity index (χ3n) is 4.36. The van der Waals surface area contributed by atoms with Gasteiger partial charge in [-0.25, -0.2) is 0 Å². The van der Waals surface area contributed by atoms with E-state index in [1.54, 1.807) is 0 Å². The lowest BCUT2D eigenvalue weighted by Gasteiger charge is -2.35. The minimum Gasteiger partial charge on any atom is -0.335 e. The second-order valence-electron chi connectivity index (χ2n) is 5.25. The van der Waals surface area contributed by atoms with E-state index in [4.69, 9.17) is 0 Å². The van der Waals surface area contributed by atoms with Crippen molar-refractivity contribution in [3.8, 4) is 0 Å². The Morgan fingerprint density at radius 3 is 2.50 bits per heavy atom. The number of rotatable bonds is 1. The zero-order valence-electron chi connectivity index (χ0n) is 9.65. The number of carbonyl (C=O) groups is 1. The van der Waals surface area contributed by atoms with Crippen LogP contribution in [0.1, 0.15) is 38.5 Å². The lowest BCUT2D eigenvalue weighted by molar-refractivity contribution is -0.140. The minimum atomic E-state index is 0. The summed E-state index contributed by atoms with van der Waals surface area (Å²) < 4.78 is 0. The molecule has 1 aliphatic carbocycles. The molecule has 2 saturated heterocycles. The number of carbonyl (C=O) groups excluding carboxylic acids is 1. The standard InChI is InChI=1S/C12H20N2O.ClH/c15-12(9-2-1-3-9)14-10-4-5-11(14)8-13-7-6-10;/h9-11,13H,1-8H2;1H. The van der Waals surface area contributed by atoms with Crippen LogP contribution in [0.25, 0.3) is 0 Å². The fraction of sp³-hybridized carbons (Fsp3) is 0.917. The summed E-state index contributed by atoms with van der Waals surface area (Å²) in [5.74, 6) is 0.851. The first-order valence-corrected chi connectivity index (χ1v) is 6.39. The fourth-order valence-electron chi connectivity index (χ4n) is 3.21. The van der Waals surface area contributed by atoms with Crippen molar-refractivity contribution in [1.82, 2.24) is 10.2 Å². The highest BCUT2D eigenvalue weighted by Gasteiger charge is 2.41. The summed E-state index contributed by atoms with van der Waals surface area (Å²) in [6, 6.07) is 1.06. The maximum absolute atomic E-state index is 12.3. The van der Waals surface area contributed by atoms with Gasteiger partial charge in [-0.1, -0.05) is 6.42 Å². The summed E-state index contributed by atoms with van der Waals surface area (Å²) in [7, 11) is 0. The van der Waals surface area contributed by atoms with E-state index in [1.165, 1.54) is 19.3 Å². The highest BCUT2D eigenvalue weighted by Crippen LogP contribution is 2.35. The second kappa shape index (κ2) is 4.92. The Labute approximate surface area is 103 Å². The van der Waals surface area contributed by atoms with Gasteiger partial charge in [-0.2, -0.15) is 0 Å². The zero-order valence-corrected chi connectivity index (χ0v) is 10.5. The Morgan fingerprint density at radius 1 is 1.06 bits per heavy atom. The van der Waals surface area contributed by atoms with Crippen molar-refractivity contribution in [3.63, 3.8) is 0 Å². The molecule has 0 aromatic carbocycles. The van der Waals surface area contributed by atoms with Crippen LogP contribution in [0.2, 0.25) is 0 Å². The Kier molecular flexibility index (Phi) is 3.75. The maximum atomic E-state index is 12.3. The summed E-state index contributed by atoms with van der Waals surface area (Å²) >= 11 is 0. The molecule has 2 unspecified atom stereocenters. The van der Waals surface area contributed by atoms with Gasteiger partial charge in [-0.05, 0) is 38.6 Å². The number of hydrogen-bond acceptors (Lipinski definition) is 2. The Balaban J connectivity index is 0.000000963. The van der Waals surface area contributed by atoms with E-state index in [2.05, 4.69) is 10.2 Å². The van der Waals surface area contributed by atoms with Gasteiger partial charge in [0.05, 0.1) is 0 Å². The van der Waals surface area contributed by atoms with Gasteiger partial charge in [0.15, 0.2) is 0 Å². The molecule has 1 saturated carbocycles. The van der Waals surface area contributed by atoms with Gasteiger partial charge in [0.2, 0.25) is 5.91 Å². The van der Waals surface area contributed by atoms with Crippen LogP contribution < -0.4 is 5.32 Å². The third-order valence-corrected chi connectivity index (χ3v) is 4.36. The molecule has 3 aliphatic rings. The molecule has 2 atom stereocenters. The number of hydrogen-bond donors (Lipinski definition) is 1. The van der Waals surface area contributed by atoms with Gasteiger partial charge >= 0.3 is 0 Å². The molecule has 92 valence electrons. The number of fused-ring (bicyclic) bond motifs is 2. The molecule has 3 nitrogen and oxygen atoms in total. The van der Waals surface area contributed by atoms with Crippen molar-refractivity contribution >= 4 is 18.3 Å². The van der Waals surface area contributed by atoms with E-state index in [1.807, 2.05) is 0 Å². The van der Waals surface area contributed by atoms with Gasteiger partial charge < -0.3 is 10.2 Å². The molecular formula is C12H21ClN2O. The van der Waals surface area contributed by atoms with Crippen LogP contribution in [0, 0.1) is 5.92 Å². The average Bonchev–Trinajstić information content (AvgIpc) is 2.36. The number of nitrogens with one attached hydrogen (secondary N) is 1. The first-order chi connectivity index (χ1) is 7.36. The lowest BCUT2D eigenvalue weighted by atomic mass is 9.84. The fourth-order valence-corrected chi connectivity index (χ4v) is 3.21. The molecule has 0 aromatic rings. The number of nitrogens with zero attached hydrogens (tertiary/aromatic N) is 1. The van der Waals surface area contributed by atoms with E-state index >= 15 is 0 Å². The molecule has 2 aliphatic heterocycles. The SMILES string of the molecule is Cl.O=C(C1CCC1)N1C2CCNCC1CC2. The van der Waals surface area contributed by atoms with E-state index in [9.17, 15) is 4.79 Å². The van der Waals surface area contributed by atoms with Gasteiger partial charge in [-0.15, -0.1) is 12.4 Å². The minimum absolute atomic E-state index is 0. The Bertz CT molecular complexity index is 254. The average molecular weight is 245 g/mol. The second-order valence-corrected chi connectivity index (χ2v) is 5.25. The number of halogens is 1. The van der Waals surface area contributed by atoms with Crippen LogP contribution in [0.15, 0.2) is 0 Å². The van der Waals surface area contributed by atoms with E-state index in [0.717, 1.165) is 32.4 Å². The summed E-state index contributed by atoms with van der Waals surface area (Å²) in [5, 5.41) is 3.44. The van der Waals surface area contributed by atoms with Crippen LogP contribution >= 0.6 is 12.4 Å². The Hall–Kier alpha value is -0.280. The van der Waals surface area contributed by atoms with Crippen LogP contribution in [0.3, 0.4) is 0 Å². The van der Waals surface area contributed by atoms with Crippen molar-refractivity contribution in [1.29, 1.82) is 0 Å². The molecule has 2 heterocycles. The van der Waals surface area contributed by atoms with Crippen LogP contribution in [-0.2, 0) is 4.79 Å². The van der Waals surface area contributed by atoms with Crippen molar-refractivity contribution in [3.05, 3.63) is 0 Å².